The normalized spacial score (nSPS) is 11.3. The van der Waals surface area contributed by atoms with Gasteiger partial charge in [-0.3, -0.25) is 4.98 Å². The maximum Gasteiger partial charge on any atom is 0.573 e. The van der Waals surface area contributed by atoms with E-state index in [1.807, 2.05) is 0 Å². The number of benzene rings is 1. The van der Waals surface area contributed by atoms with Gasteiger partial charge in [-0.05, 0) is 48.8 Å². The Labute approximate surface area is 119 Å². The highest BCUT2D eigenvalue weighted by Gasteiger charge is 2.31. The molecule has 0 bridgehead atoms. The first-order valence-corrected chi connectivity index (χ1v) is 5.95. The predicted molar refractivity (Wildman–Crippen MR) is 70.9 cm³/mol. The number of halogens is 3. The Bertz CT molecular complexity index is 630. The number of ether oxygens (including phenoxy) is 1. The van der Waals surface area contributed by atoms with Crippen LogP contribution in [0.25, 0.3) is 11.3 Å². The van der Waals surface area contributed by atoms with Crippen molar-refractivity contribution in [2.45, 2.75) is 13.3 Å². The largest absolute Gasteiger partial charge is 0.573 e. The van der Waals surface area contributed by atoms with Crippen LogP contribution in [0.1, 0.15) is 5.69 Å². The van der Waals surface area contributed by atoms with E-state index in [-0.39, 0.29) is 11.2 Å². The molecule has 0 saturated carbocycles. The molecule has 0 saturated heterocycles. The lowest BCUT2D eigenvalue weighted by molar-refractivity contribution is -0.274. The molecule has 2 N–H and O–H groups in total. The fourth-order valence-corrected chi connectivity index (χ4v) is 1.82. The minimum atomic E-state index is -4.74. The molecule has 0 unspecified atom stereocenters. The van der Waals surface area contributed by atoms with Gasteiger partial charge >= 0.3 is 13.5 Å². The maximum absolute atomic E-state index is 12.1. The molecule has 0 aliphatic carbocycles. The number of aromatic nitrogens is 1. The number of rotatable bonds is 3. The number of nitrogens with zero attached hydrogens (tertiary/aromatic N) is 1. The van der Waals surface area contributed by atoms with Crippen LogP contribution < -0.4 is 10.2 Å². The van der Waals surface area contributed by atoms with Crippen LogP contribution >= 0.6 is 0 Å². The van der Waals surface area contributed by atoms with Crippen molar-refractivity contribution in [3.63, 3.8) is 0 Å². The summed E-state index contributed by atoms with van der Waals surface area (Å²) >= 11 is 0. The van der Waals surface area contributed by atoms with E-state index >= 15 is 0 Å². The number of hydrogen-bond donors (Lipinski definition) is 2. The van der Waals surface area contributed by atoms with E-state index in [2.05, 4.69) is 9.72 Å². The molecule has 2 aromatic rings. The Morgan fingerprint density at radius 1 is 1.10 bits per heavy atom. The van der Waals surface area contributed by atoms with E-state index in [1.54, 1.807) is 6.92 Å². The molecule has 0 atom stereocenters. The summed E-state index contributed by atoms with van der Waals surface area (Å²) in [5.74, 6) is -0.332. The van der Waals surface area contributed by atoms with Crippen LogP contribution in [0.5, 0.6) is 5.75 Å². The van der Waals surface area contributed by atoms with Gasteiger partial charge in [0.2, 0.25) is 0 Å². The molecule has 0 fully saturated rings. The Morgan fingerprint density at radius 2 is 1.71 bits per heavy atom. The second-order valence-electron chi connectivity index (χ2n) is 4.37. The molecule has 0 radical (unpaired) electrons. The molecule has 1 heterocycles. The standard InChI is InChI=1S/C13H11BF3NO3/c1-8-6-10(14(19)20)7-12(18-8)9-2-4-11(5-3-9)21-13(15,16)17/h2-7,19-20H,1H3. The molecule has 0 spiro atoms. The van der Waals surface area contributed by atoms with Crippen LogP contribution in [0.3, 0.4) is 0 Å². The van der Waals surface area contributed by atoms with Crippen LogP contribution in [0.4, 0.5) is 13.2 Å². The van der Waals surface area contributed by atoms with Crippen molar-refractivity contribution in [3.05, 3.63) is 42.1 Å². The van der Waals surface area contributed by atoms with Crippen LogP contribution in [0.15, 0.2) is 36.4 Å². The number of pyridine rings is 1. The molecule has 1 aromatic heterocycles. The summed E-state index contributed by atoms with van der Waals surface area (Å²) in [4.78, 5) is 4.21. The van der Waals surface area contributed by atoms with E-state index in [0.717, 1.165) is 0 Å². The summed E-state index contributed by atoms with van der Waals surface area (Å²) in [6.07, 6.45) is -4.74. The van der Waals surface area contributed by atoms with Crippen molar-refractivity contribution in [3.8, 4) is 17.0 Å². The molecule has 21 heavy (non-hydrogen) atoms. The minimum absolute atomic E-state index is 0.258. The number of alkyl halides is 3. The molecule has 8 heteroatoms. The SMILES string of the molecule is Cc1cc(B(O)O)cc(-c2ccc(OC(F)(F)F)cc2)n1. The second kappa shape index (κ2) is 5.75. The highest BCUT2D eigenvalue weighted by atomic mass is 19.4. The second-order valence-corrected chi connectivity index (χ2v) is 4.37. The van der Waals surface area contributed by atoms with Gasteiger partial charge in [0, 0.05) is 11.3 Å². The van der Waals surface area contributed by atoms with Crippen LogP contribution in [-0.2, 0) is 0 Å². The van der Waals surface area contributed by atoms with E-state index in [4.69, 9.17) is 0 Å². The smallest absolute Gasteiger partial charge is 0.423 e. The lowest BCUT2D eigenvalue weighted by atomic mass is 9.80. The molecular formula is C13H11BF3NO3. The van der Waals surface area contributed by atoms with E-state index < -0.39 is 13.5 Å². The minimum Gasteiger partial charge on any atom is -0.423 e. The zero-order valence-corrected chi connectivity index (χ0v) is 10.9. The summed E-state index contributed by atoms with van der Waals surface area (Å²) < 4.78 is 40.0. The Hall–Kier alpha value is -2.06. The Balaban J connectivity index is 2.30. The van der Waals surface area contributed by atoms with Gasteiger partial charge < -0.3 is 14.8 Å². The molecule has 0 aliphatic rings. The molecule has 2 rings (SSSR count). The van der Waals surface area contributed by atoms with E-state index in [0.29, 0.717) is 17.0 Å². The third-order valence-corrected chi connectivity index (χ3v) is 2.66. The van der Waals surface area contributed by atoms with Gasteiger partial charge in [-0.25, -0.2) is 0 Å². The molecule has 0 aliphatic heterocycles. The van der Waals surface area contributed by atoms with Crippen LogP contribution in [0, 0.1) is 6.92 Å². The maximum atomic E-state index is 12.1. The van der Waals surface area contributed by atoms with E-state index in [1.165, 1.54) is 36.4 Å². The van der Waals surface area contributed by atoms with Crippen molar-refractivity contribution >= 4 is 12.6 Å². The lowest BCUT2D eigenvalue weighted by Crippen LogP contribution is -2.30. The first kappa shape index (κ1) is 15.3. The summed E-state index contributed by atoms with van der Waals surface area (Å²) in [5, 5.41) is 18.3. The monoisotopic (exact) mass is 297 g/mol. The highest BCUT2D eigenvalue weighted by molar-refractivity contribution is 6.58. The summed E-state index contributed by atoms with van der Waals surface area (Å²) in [5.41, 5.74) is 1.78. The van der Waals surface area contributed by atoms with Gasteiger partial charge in [0.1, 0.15) is 5.75 Å². The van der Waals surface area contributed by atoms with E-state index in [9.17, 15) is 23.2 Å². The van der Waals surface area contributed by atoms with Gasteiger partial charge in [0.05, 0.1) is 5.69 Å². The fraction of sp³-hybridized carbons (Fsp3) is 0.154. The summed E-state index contributed by atoms with van der Waals surface area (Å²) in [6, 6.07) is 8.13. The molecular weight excluding hydrogens is 286 g/mol. The third kappa shape index (κ3) is 4.20. The van der Waals surface area contributed by atoms with Crippen molar-refractivity contribution in [2.24, 2.45) is 0 Å². The first-order valence-electron chi connectivity index (χ1n) is 5.95. The van der Waals surface area contributed by atoms with Gasteiger partial charge in [0.25, 0.3) is 0 Å². The molecule has 110 valence electrons. The Kier molecular flexibility index (Phi) is 4.20. The quantitative estimate of drug-likeness (QED) is 0.845. The average molecular weight is 297 g/mol. The predicted octanol–water partition coefficient (Wildman–Crippen LogP) is 1.64. The zero-order valence-electron chi connectivity index (χ0n) is 10.9. The Morgan fingerprint density at radius 3 is 2.24 bits per heavy atom. The van der Waals surface area contributed by atoms with Crippen LogP contribution in [0.2, 0.25) is 0 Å². The topological polar surface area (TPSA) is 62.6 Å². The number of aryl methyl sites for hydroxylation is 1. The first-order chi connectivity index (χ1) is 9.74. The van der Waals surface area contributed by atoms with Gasteiger partial charge in [-0.1, -0.05) is 0 Å². The molecule has 4 nitrogen and oxygen atoms in total. The van der Waals surface area contributed by atoms with Gasteiger partial charge in [-0.15, -0.1) is 13.2 Å². The molecule has 1 aromatic carbocycles. The van der Waals surface area contributed by atoms with Crippen molar-refractivity contribution < 1.29 is 28.0 Å². The van der Waals surface area contributed by atoms with Crippen molar-refractivity contribution in [1.82, 2.24) is 4.98 Å². The molecule has 0 amide bonds. The number of hydrogen-bond acceptors (Lipinski definition) is 4. The fourth-order valence-electron chi connectivity index (χ4n) is 1.82. The highest BCUT2D eigenvalue weighted by Crippen LogP contribution is 2.25. The third-order valence-electron chi connectivity index (χ3n) is 2.66. The van der Waals surface area contributed by atoms with Gasteiger partial charge in [-0.2, -0.15) is 0 Å². The average Bonchev–Trinajstić information content (AvgIpc) is 2.37. The van der Waals surface area contributed by atoms with Crippen molar-refractivity contribution in [2.75, 3.05) is 0 Å². The van der Waals surface area contributed by atoms with Crippen LogP contribution in [-0.4, -0.2) is 28.5 Å². The lowest BCUT2D eigenvalue weighted by Gasteiger charge is -2.10. The van der Waals surface area contributed by atoms with Crippen molar-refractivity contribution in [1.29, 1.82) is 0 Å². The zero-order chi connectivity index (χ0) is 15.6. The van der Waals surface area contributed by atoms with Gasteiger partial charge in [0.15, 0.2) is 0 Å². The summed E-state index contributed by atoms with van der Waals surface area (Å²) in [7, 11) is -1.64. The summed E-state index contributed by atoms with van der Waals surface area (Å²) in [6.45, 7) is 1.68.